The van der Waals surface area contributed by atoms with E-state index in [1.807, 2.05) is 102 Å². The molecule has 0 aliphatic carbocycles. The zero-order valence-electron chi connectivity index (χ0n) is 54.5. The molecule has 4 heteroatoms. The molecule has 2 aromatic heterocycles. The Morgan fingerprint density at radius 3 is 1.11 bits per heavy atom. The van der Waals surface area contributed by atoms with E-state index in [1.165, 1.54) is 20.7 Å². The fourth-order valence-electron chi connectivity index (χ4n) is 13.3. The van der Waals surface area contributed by atoms with Gasteiger partial charge in [0.05, 0.1) is 41.5 Å². The fraction of sp³-hybridized carbons (Fsp3) is 0. The molecule has 0 fully saturated rings. The Morgan fingerprint density at radius 1 is 0.268 bits per heavy atom. The predicted molar refractivity (Wildman–Crippen MR) is 353 cm³/mol. The van der Waals surface area contributed by atoms with Gasteiger partial charge in [0.25, 0.3) is 0 Å². The molecule has 82 heavy (non-hydrogen) atoms. The monoisotopic (exact) mass is 1090 g/mol. The summed E-state index contributed by atoms with van der Waals surface area (Å²) in [5.74, 6) is 0. The van der Waals surface area contributed by atoms with Gasteiger partial charge in [0.2, 0.25) is 0 Å². The highest BCUT2D eigenvalue weighted by Gasteiger charge is 2.44. The normalized spacial score (nSPS) is 13.6. The smallest absolute Gasteiger partial charge is 0.180 e. The van der Waals surface area contributed by atoms with Gasteiger partial charge < -0.3 is 9.13 Å². The van der Waals surface area contributed by atoms with Crippen LogP contribution in [-0.2, 0) is 0 Å². The summed E-state index contributed by atoms with van der Waals surface area (Å²) in [5.41, 5.74) is 4.69. The van der Waals surface area contributed by atoms with Crippen molar-refractivity contribution in [2.45, 2.75) is 0 Å². The van der Waals surface area contributed by atoms with Gasteiger partial charge in [-0.15, -0.1) is 0 Å². The van der Waals surface area contributed by atoms with Crippen molar-refractivity contribution in [1.82, 2.24) is 9.13 Å². The maximum atomic E-state index is 9.91. The summed E-state index contributed by atoms with van der Waals surface area (Å²) in [4.78, 5) is 0. The van der Waals surface area contributed by atoms with E-state index in [0.29, 0.717) is 16.2 Å². The molecule has 0 saturated heterocycles. The molecular weight excluding hydrogens is 1020 g/mol. The van der Waals surface area contributed by atoms with Gasteiger partial charge in [-0.2, -0.15) is 0 Å². The molecule has 15 rings (SSSR count). The van der Waals surface area contributed by atoms with Gasteiger partial charge in [-0.05, 0) is 89.0 Å². The maximum absolute atomic E-state index is 9.91. The Bertz CT molecular complexity index is 5060. The largest absolute Gasteiger partial charge is 0.309 e. The average molecular weight is 1090 g/mol. The molecule has 0 bridgehead atoms. The van der Waals surface area contributed by atoms with Crippen molar-refractivity contribution in [2.24, 2.45) is 0 Å². The third-order valence-electron chi connectivity index (χ3n) is 16.6. The van der Waals surface area contributed by atoms with E-state index in [0.717, 1.165) is 53.8 Å². The van der Waals surface area contributed by atoms with Crippen LogP contribution in [0.1, 0.15) is 13.7 Å². The standard InChI is InChI=1S/C78H56N2Si2/c1-9-30-57(31-10-1)69-55-66(81(60-34-13-3-14-35-60,61-36-15-4-16-37-61)62-38-17-5-18-39-62)56-70(58-32-11-2-12-33-58)78(69)80-72-48-27-25-46-67(72)71-54-59(52-53-74(71)80)79-73-49-28-26-47-68(73)77-75(79)50-29-51-76(77)82(63-40-19-6-20-41-63,64-42-21-7-22-43-64)65-44-23-8-24-45-65/h1-56H/i1D,2D,9D,10D,11D,12D,30D,31D,32D,33D. The number of benzene rings is 13. The number of nitrogens with zero attached hydrogens (tertiary/aromatic N) is 2. The summed E-state index contributed by atoms with van der Waals surface area (Å²) in [6.07, 6.45) is 0. The lowest BCUT2D eigenvalue weighted by Gasteiger charge is -2.36. The van der Waals surface area contributed by atoms with E-state index in [9.17, 15) is 11.0 Å². The SMILES string of the molecule is [2H]c1c([2H])c([2H])c(-c2cc([Si](c3ccccc3)(c3ccccc3)c3ccccc3)cc(-c3c([2H])c([2H])c([2H])c([2H])c3[2H])c2-n2c3ccccc3c3cc(-n4c5ccccc5c5c([Si](c6ccccc6)(c6ccccc6)c6ccccc6)cccc54)ccc32)c([2H])c1[2H]. The first kappa shape index (κ1) is 39.3. The molecule has 0 aliphatic rings. The molecular formula is C78H56N2Si2. The van der Waals surface area contributed by atoms with Crippen LogP contribution >= 0.6 is 0 Å². The van der Waals surface area contributed by atoms with Crippen molar-refractivity contribution < 1.29 is 13.7 Å². The van der Waals surface area contributed by atoms with Crippen LogP contribution in [-0.4, -0.2) is 25.3 Å². The third-order valence-corrected chi connectivity index (χ3v) is 26.1. The zero-order valence-corrected chi connectivity index (χ0v) is 46.5. The first-order valence-corrected chi connectivity index (χ1v) is 31.6. The highest BCUT2D eigenvalue weighted by molar-refractivity contribution is 7.21. The number of fused-ring (bicyclic) bond motifs is 6. The Balaban J connectivity index is 1.09. The topological polar surface area (TPSA) is 9.86 Å². The summed E-state index contributed by atoms with van der Waals surface area (Å²) < 4.78 is 99.0. The number of hydrogen-bond acceptors (Lipinski definition) is 0. The summed E-state index contributed by atoms with van der Waals surface area (Å²) in [6.45, 7) is 0. The molecule has 0 saturated carbocycles. The quantitative estimate of drug-likeness (QED) is 0.0852. The molecule has 15 aromatic rings. The highest BCUT2D eigenvalue weighted by atomic mass is 28.3. The minimum Gasteiger partial charge on any atom is -0.309 e. The molecule has 0 unspecified atom stereocenters. The maximum Gasteiger partial charge on any atom is 0.180 e. The lowest BCUT2D eigenvalue weighted by Crippen LogP contribution is -2.74. The number of aromatic nitrogens is 2. The average Bonchev–Trinajstić information content (AvgIpc) is 1.33. The number of para-hydroxylation sites is 2. The second-order valence-corrected chi connectivity index (χ2v) is 28.3. The summed E-state index contributed by atoms with van der Waals surface area (Å²) in [5, 5.41) is 12.4. The van der Waals surface area contributed by atoms with Crippen LogP contribution in [0.25, 0.3) is 77.2 Å². The van der Waals surface area contributed by atoms with Gasteiger partial charge >= 0.3 is 0 Å². The Kier molecular flexibility index (Phi) is 9.84. The van der Waals surface area contributed by atoms with Crippen molar-refractivity contribution in [3.63, 3.8) is 0 Å². The van der Waals surface area contributed by atoms with E-state index >= 15 is 0 Å². The van der Waals surface area contributed by atoms with E-state index in [4.69, 9.17) is 2.74 Å². The van der Waals surface area contributed by atoms with Crippen molar-refractivity contribution >= 4 is 101 Å². The van der Waals surface area contributed by atoms with E-state index in [1.54, 1.807) is 0 Å². The summed E-state index contributed by atoms with van der Waals surface area (Å²) in [6, 6.07) is 91.4. The molecule has 0 spiro atoms. The third kappa shape index (κ3) is 7.75. The molecule has 0 atom stereocenters. The van der Waals surface area contributed by atoms with Crippen LogP contribution in [0.2, 0.25) is 0 Å². The van der Waals surface area contributed by atoms with E-state index in [-0.39, 0.29) is 27.9 Å². The number of hydrogen-bond donors (Lipinski definition) is 0. The molecule has 2 heterocycles. The van der Waals surface area contributed by atoms with Crippen LogP contribution in [0.3, 0.4) is 0 Å². The van der Waals surface area contributed by atoms with E-state index in [2.05, 4.69) is 187 Å². The van der Waals surface area contributed by atoms with Crippen molar-refractivity contribution in [2.75, 3.05) is 0 Å². The molecule has 0 N–H and O–H groups in total. The predicted octanol–water partition coefficient (Wildman–Crippen LogP) is 14.0. The summed E-state index contributed by atoms with van der Waals surface area (Å²) in [7, 11) is -6.76. The van der Waals surface area contributed by atoms with Crippen LogP contribution in [0, 0.1) is 0 Å². The van der Waals surface area contributed by atoms with Gasteiger partial charge in [0.1, 0.15) is 0 Å². The molecule has 13 aromatic carbocycles. The van der Waals surface area contributed by atoms with Crippen molar-refractivity contribution in [1.29, 1.82) is 0 Å². The van der Waals surface area contributed by atoms with Gasteiger partial charge in [0, 0.05) is 38.4 Å². The van der Waals surface area contributed by atoms with E-state index < -0.39 is 76.6 Å². The van der Waals surface area contributed by atoms with Crippen LogP contribution in [0.4, 0.5) is 0 Å². The molecule has 0 amide bonds. The van der Waals surface area contributed by atoms with Crippen molar-refractivity contribution in [3.8, 4) is 33.6 Å². The Morgan fingerprint density at radius 2 is 0.646 bits per heavy atom. The lowest BCUT2D eigenvalue weighted by atomic mass is 9.95. The Hall–Kier alpha value is -10.1. The molecule has 0 radical (unpaired) electrons. The zero-order chi connectivity index (χ0) is 63.2. The van der Waals surface area contributed by atoms with Gasteiger partial charge in [-0.1, -0.05) is 303 Å². The molecule has 386 valence electrons. The number of rotatable bonds is 12. The van der Waals surface area contributed by atoms with Gasteiger partial charge in [-0.25, -0.2) is 0 Å². The Labute approximate surface area is 494 Å². The minimum atomic E-state index is -3.66. The van der Waals surface area contributed by atoms with Crippen LogP contribution in [0.5, 0.6) is 0 Å². The van der Waals surface area contributed by atoms with Crippen molar-refractivity contribution in [3.05, 3.63) is 339 Å². The van der Waals surface area contributed by atoms with Gasteiger partial charge in [-0.3, -0.25) is 0 Å². The molecule has 2 nitrogen and oxygen atoms in total. The lowest BCUT2D eigenvalue weighted by molar-refractivity contribution is 1.17. The summed E-state index contributed by atoms with van der Waals surface area (Å²) >= 11 is 0. The first-order valence-electron chi connectivity index (χ1n) is 32.6. The minimum absolute atomic E-state index is 0.108. The highest BCUT2D eigenvalue weighted by Crippen LogP contribution is 2.43. The van der Waals surface area contributed by atoms with Crippen LogP contribution < -0.4 is 41.5 Å². The second kappa shape index (κ2) is 20.5. The fourth-order valence-corrected chi connectivity index (χ4v) is 23.1. The van der Waals surface area contributed by atoms with Crippen LogP contribution in [0.15, 0.2) is 339 Å². The second-order valence-electron chi connectivity index (χ2n) is 20.7. The first-order chi connectivity index (χ1) is 44.9. The molecule has 0 aliphatic heterocycles. The van der Waals surface area contributed by atoms with Gasteiger partial charge in [0.15, 0.2) is 16.1 Å².